The predicted molar refractivity (Wildman–Crippen MR) is 129 cm³/mol. The van der Waals surface area contributed by atoms with Gasteiger partial charge >= 0.3 is 0 Å². The minimum absolute atomic E-state index is 0.0242. The second kappa shape index (κ2) is 8.74. The van der Waals surface area contributed by atoms with Gasteiger partial charge in [-0.3, -0.25) is 9.69 Å². The lowest BCUT2D eigenvalue weighted by atomic mass is 10.1. The van der Waals surface area contributed by atoms with Gasteiger partial charge in [-0.15, -0.1) is 0 Å². The van der Waals surface area contributed by atoms with E-state index in [1.807, 2.05) is 58.0 Å². The molecule has 6 rings (SSSR count). The maximum atomic E-state index is 13.5. The summed E-state index contributed by atoms with van der Waals surface area (Å²) in [5, 5.41) is 0.680. The maximum absolute atomic E-state index is 13.5. The number of carbonyl (C=O) groups is 1. The molecule has 34 heavy (non-hydrogen) atoms. The number of halogens is 1. The third kappa shape index (κ3) is 4.02. The molecule has 0 unspecified atom stereocenters. The van der Waals surface area contributed by atoms with Gasteiger partial charge in [0, 0.05) is 56.4 Å². The van der Waals surface area contributed by atoms with Crippen LogP contribution in [0.2, 0.25) is 5.02 Å². The van der Waals surface area contributed by atoms with Crippen LogP contribution in [0.5, 0.6) is 11.5 Å². The lowest BCUT2D eigenvalue weighted by Gasteiger charge is -2.35. The first-order valence-electron chi connectivity index (χ1n) is 11.4. The van der Waals surface area contributed by atoms with E-state index in [2.05, 4.69) is 11.0 Å². The van der Waals surface area contributed by atoms with E-state index in [0.717, 1.165) is 42.2 Å². The Hall–Kier alpha value is -3.42. The first-order valence-corrected chi connectivity index (χ1v) is 11.7. The molecule has 7 nitrogen and oxygen atoms in total. The number of amides is 1. The van der Waals surface area contributed by atoms with Crippen molar-refractivity contribution in [2.45, 2.75) is 13.1 Å². The zero-order valence-electron chi connectivity index (χ0n) is 18.6. The minimum Gasteiger partial charge on any atom is -0.463 e. The van der Waals surface area contributed by atoms with Crippen molar-refractivity contribution in [2.24, 2.45) is 0 Å². The highest BCUT2D eigenvalue weighted by Gasteiger charge is 2.26. The lowest BCUT2D eigenvalue weighted by molar-refractivity contribution is 0.0619. The van der Waals surface area contributed by atoms with Gasteiger partial charge in [-0.25, -0.2) is 0 Å². The minimum atomic E-state index is 0.0242. The van der Waals surface area contributed by atoms with Crippen LogP contribution in [0.15, 0.2) is 65.3 Å². The topological polar surface area (TPSA) is 60.1 Å². The summed E-state index contributed by atoms with van der Waals surface area (Å²) in [6.45, 7) is 4.62. The second-order valence-electron chi connectivity index (χ2n) is 8.67. The standard InChI is InChI=1S/C26H24ClN3O4/c27-20-3-1-2-18(12-20)16-30-21-6-11-32-24(21)14-22(30)26(31)29-9-7-28(8-10-29)15-19-4-5-23-25(13-19)34-17-33-23/h1-6,11-14H,7-10,15-17H2. The van der Waals surface area contributed by atoms with Gasteiger partial charge in [0.15, 0.2) is 17.1 Å². The average Bonchev–Trinajstić information content (AvgIpc) is 3.56. The van der Waals surface area contributed by atoms with Crippen LogP contribution in [0, 0.1) is 0 Å². The van der Waals surface area contributed by atoms with E-state index in [-0.39, 0.29) is 12.7 Å². The van der Waals surface area contributed by atoms with Crippen LogP contribution < -0.4 is 9.47 Å². The Balaban J connectivity index is 1.16. The molecule has 2 aliphatic heterocycles. The molecular weight excluding hydrogens is 454 g/mol. The van der Waals surface area contributed by atoms with Gasteiger partial charge in [-0.2, -0.15) is 0 Å². The van der Waals surface area contributed by atoms with E-state index >= 15 is 0 Å². The number of aromatic nitrogens is 1. The highest BCUT2D eigenvalue weighted by Crippen LogP contribution is 2.33. The van der Waals surface area contributed by atoms with E-state index in [4.69, 9.17) is 25.5 Å². The fourth-order valence-electron chi connectivity index (χ4n) is 4.71. The van der Waals surface area contributed by atoms with Crippen molar-refractivity contribution in [3.8, 4) is 11.5 Å². The van der Waals surface area contributed by atoms with Gasteiger partial charge in [0.1, 0.15) is 5.69 Å². The number of ether oxygens (including phenoxy) is 2. The SMILES string of the molecule is O=C(c1cc2occc2n1Cc1cccc(Cl)c1)N1CCN(Cc2ccc3c(c2)OCO3)CC1. The number of hydrogen-bond donors (Lipinski definition) is 0. The fourth-order valence-corrected chi connectivity index (χ4v) is 4.92. The number of nitrogens with zero attached hydrogens (tertiary/aromatic N) is 3. The molecule has 4 heterocycles. The van der Waals surface area contributed by atoms with Crippen LogP contribution in [-0.4, -0.2) is 53.2 Å². The Morgan fingerprint density at radius 1 is 0.882 bits per heavy atom. The van der Waals surface area contributed by atoms with E-state index in [9.17, 15) is 4.79 Å². The highest BCUT2D eigenvalue weighted by molar-refractivity contribution is 6.30. The Morgan fingerprint density at radius 2 is 1.71 bits per heavy atom. The van der Waals surface area contributed by atoms with Crippen molar-refractivity contribution in [2.75, 3.05) is 33.0 Å². The van der Waals surface area contributed by atoms with Crippen LogP contribution in [0.25, 0.3) is 11.1 Å². The Kier molecular flexibility index (Phi) is 5.43. The zero-order chi connectivity index (χ0) is 23.1. The number of piperazine rings is 1. The van der Waals surface area contributed by atoms with Crippen LogP contribution >= 0.6 is 11.6 Å². The average molecular weight is 478 g/mol. The molecule has 1 fully saturated rings. The van der Waals surface area contributed by atoms with Crippen LogP contribution in [0.3, 0.4) is 0 Å². The largest absolute Gasteiger partial charge is 0.463 e. The summed E-state index contributed by atoms with van der Waals surface area (Å²) >= 11 is 6.18. The Bertz CT molecular complexity index is 1350. The van der Waals surface area contributed by atoms with Gasteiger partial charge in [-0.1, -0.05) is 29.8 Å². The van der Waals surface area contributed by atoms with Crippen LogP contribution in [-0.2, 0) is 13.1 Å². The number of hydrogen-bond acceptors (Lipinski definition) is 5. The van der Waals surface area contributed by atoms with E-state index in [0.29, 0.717) is 35.9 Å². The van der Waals surface area contributed by atoms with Gasteiger partial charge in [-0.05, 0) is 35.4 Å². The van der Waals surface area contributed by atoms with Crippen molar-refractivity contribution < 1.29 is 18.7 Å². The molecule has 4 aromatic rings. The fraction of sp³-hybridized carbons (Fsp3) is 0.269. The number of furan rings is 1. The first kappa shape index (κ1) is 21.1. The highest BCUT2D eigenvalue weighted by atomic mass is 35.5. The summed E-state index contributed by atoms with van der Waals surface area (Å²) < 4.78 is 18.5. The molecule has 1 amide bonds. The smallest absolute Gasteiger partial charge is 0.270 e. The molecule has 0 atom stereocenters. The van der Waals surface area contributed by atoms with Crippen LogP contribution in [0.1, 0.15) is 21.6 Å². The maximum Gasteiger partial charge on any atom is 0.270 e. The van der Waals surface area contributed by atoms with Gasteiger partial charge < -0.3 is 23.4 Å². The molecule has 0 saturated carbocycles. The summed E-state index contributed by atoms with van der Waals surface area (Å²) in [6.07, 6.45) is 1.66. The molecule has 174 valence electrons. The summed E-state index contributed by atoms with van der Waals surface area (Å²) in [5.74, 6) is 1.62. The number of fused-ring (bicyclic) bond motifs is 2. The Morgan fingerprint density at radius 3 is 2.56 bits per heavy atom. The zero-order valence-corrected chi connectivity index (χ0v) is 19.3. The van der Waals surface area contributed by atoms with Gasteiger partial charge in [0.2, 0.25) is 6.79 Å². The monoisotopic (exact) mass is 477 g/mol. The summed E-state index contributed by atoms with van der Waals surface area (Å²) in [4.78, 5) is 17.8. The van der Waals surface area contributed by atoms with E-state index < -0.39 is 0 Å². The summed E-state index contributed by atoms with van der Waals surface area (Å²) in [6, 6.07) is 17.5. The van der Waals surface area contributed by atoms with Crippen LogP contribution in [0.4, 0.5) is 0 Å². The molecule has 1 saturated heterocycles. The van der Waals surface area contributed by atoms with Gasteiger partial charge in [0.25, 0.3) is 5.91 Å². The van der Waals surface area contributed by atoms with E-state index in [1.165, 1.54) is 5.56 Å². The molecule has 0 bridgehead atoms. The predicted octanol–water partition coefficient (Wildman–Crippen LogP) is 4.62. The third-order valence-corrected chi connectivity index (χ3v) is 6.71. The number of rotatable bonds is 5. The molecule has 0 radical (unpaired) electrons. The third-order valence-electron chi connectivity index (χ3n) is 6.47. The quantitative estimate of drug-likeness (QED) is 0.419. The summed E-state index contributed by atoms with van der Waals surface area (Å²) in [5.41, 5.74) is 4.48. The molecule has 0 N–H and O–H groups in total. The molecular formula is C26H24ClN3O4. The van der Waals surface area contributed by atoms with E-state index in [1.54, 1.807) is 6.26 Å². The molecule has 2 aromatic heterocycles. The molecule has 0 spiro atoms. The normalized spacial score (nSPS) is 15.9. The molecule has 8 heteroatoms. The first-order chi connectivity index (χ1) is 16.6. The van der Waals surface area contributed by atoms with Crippen molar-refractivity contribution in [1.82, 2.24) is 14.4 Å². The number of carbonyl (C=O) groups excluding carboxylic acids is 1. The van der Waals surface area contributed by atoms with Crippen molar-refractivity contribution in [3.63, 3.8) is 0 Å². The summed E-state index contributed by atoms with van der Waals surface area (Å²) in [7, 11) is 0. The van der Waals surface area contributed by atoms with Crippen molar-refractivity contribution >= 4 is 28.6 Å². The lowest BCUT2D eigenvalue weighted by Crippen LogP contribution is -2.48. The van der Waals surface area contributed by atoms with Crippen molar-refractivity contribution in [1.29, 1.82) is 0 Å². The number of benzene rings is 2. The molecule has 2 aromatic carbocycles. The van der Waals surface area contributed by atoms with Gasteiger partial charge in [0.05, 0.1) is 11.8 Å². The second-order valence-corrected chi connectivity index (χ2v) is 9.11. The molecule has 2 aliphatic rings. The van der Waals surface area contributed by atoms with Crippen molar-refractivity contribution in [3.05, 3.63) is 82.7 Å². The molecule has 0 aliphatic carbocycles. The Labute approximate surface area is 202 Å².